The minimum absolute atomic E-state index is 0.285. The Balaban J connectivity index is 1.62. The first-order chi connectivity index (χ1) is 14.6. The average molecular weight is 416 g/mol. The molecule has 4 nitrogen and oxygen atoms in total. The van der Waals surface area contributed by atoms with Crippen LogP contribution in [0.15, 0.2) is 79.4 Å². The number of fused-ring (bicyclic) bond motifs is 1. The molecule has 0 saturated heterocycles. The van der Waals surface area contributed by atoms with Gasteiger partial charge < -0.3 is 4.98 Å². The van der Waals surface area contributed by atoms with Gasteiger partial charge in [-0.2, -0.15) is 0 Å². The van der Waals surface area contributed by atoms with Crippen molar-refractivity contribution in [3.63, 3.8) is 0 Å². The van der Waals surface area contributed by atoms with E-state index in [-0.39, 0.29) is 5.91 Å². The summed E-state index contributed by atoms with van der Waals surface area (Å²) in [6.07, 6.45) is 0.976. The average Bonchev–Trinajstić information content (AvgIpc) is 3.16. The fraction of sp³-hybridized carbons (Fsp3) is 0.0800. The maximum absolute atomic E-state index is 13.1. The van der Waals surface area contributed by atoms with Crippen LogP contribution in [-0.2, 0) is 6.42 Å². The summed E-state index contributed by atoms with van der Waals surface area (Å²) in [5.74, 6) is -0.285. The van der Waals surface area contributed by atoms with Crippen LogP contribution in [0.2, 0.25) is 5.02 Å². The molecule has 4 rings (SSSR count). The molecule has 1 aromatic heterocycles. The summed E-state index contributed by atoms with van der Waals surface area (Å²) in [4.78, 5) is 16.3. The topological polar surface area (TPSA) is 56.9 Å². The number of rotatable bonds is 6. The number of nitrogens with one attached hydrogen (secondary N) is 3. The molecule has 0 aliphatic carbocycles. The molecule has 3 aromatic carbocycles. The van der Waals surface area contributed by atoms with Gasteiger partial charge in [0.1, 0.15) is 5.69 Å². The molecule has 0 unspecified atom stereocenters. The normalized spacial score (nSPS) is 10.7. The molecule has 0 saturated carbocycles. The minimum atomic E-state index is -0.285. The van der Waals surface area contributed by atoms with Gasteiger partial charge in [-0.1, -0.05) is 79.7 Å². The van der Waals surface area contributed by atoms with E-state index in [2.05, 4.69) is 41.5 Å². The monoisotopic (exact) mass is 415 g/mol. The summed E-state index contributed by atoms with van der Waals surface area (Å²) in [6.45, 7) is 6.14. The number of benzene rings is 3. The minimum Gasteiger partial charge on any atom is -0.350 e. The van der Waals surface area contributed by atoms with Gasteiger partial charge in [0, 0.05) is 21.5 Å². The Morgan fingerprint density at radius 2 is 1.73 bits per heavy atom. The van der Waals surface area contributed by atoms with Gasteiger partial charge >= 0.3 is 0 Å². The molecule has 0 bridgehead atoms. The molecule has 1 amide bonds. The van der Waals surface area contributed by atoms with Crippen LogP contribution in [0.3, 0.4) is 0 Å². The SMILES string of the molecule is C=C(NNC(=O)c1[nH]c2ccc(Cl)cc2c1-c1ccccc1)c1ccc(CC)cc1. The van der Waals surface area contributed by atoms with E-state index in [0.29, 0.717) is 16.4 Å². The van der Waals surface area contributed by atoms with Gasteiger partial charge in [0.05, 0.1) is 5.70 Å². The molecule has 5 heteroatoms. The number of hydrogen-bond donors (Lipinski definition) is 3. The number of aromatic amines is 1. The lowest BCUT2D eigenvalue weighted by Gasteiger charge is -2.12. The number of hydrogen-bond acceptors (Lipinski definition) is 2. The van der Waals surface area contributed by atoms with Gasteiger partial charge in [-0.05, 0) is 41.3 Å². The van der Waals surface area contributed by atoms with Crippen LogP contribution in [0.25, 0.3) is 27.7 Å². The Kier molecular flexibility index (Phi) is 5.59. The lowest BCUT2D eigenvalue weighted by molar-refractivity contribution is 0.0939. The lowest BCUT2D eigenvalue weighted by atomic mass is 10.0. The fourth-order valence-electron chi connectivity index (χ4n) is 3.45. The van der Waals surface area contributed by atoms with Crippen molar-refractivity contribution in [1.82, 2.24) is 15.8 Å². The van der Waals surface area contributed by atoms with Crippen LogP contribution in [0.4, 0.5) is 0 Å². The first-order valence-electron chi connectivity index (χ1n) is 9.78. The second-order valence-electron chi connectivity index (χ2n) is 7.04. The Labute approximate surface area is 180 Å². The maximum atomic E-state index is 13.1. The number of halogens is 1. The van der Waals surface area contributed by atoms with Crippen molar-refractivity contribution in [2.45, 2.75) is 13.3 Å². The van der Waals surface area contributed by atoms with Gasteiger partial charge in [0.15, 0.2) is 0 Å². The third-order valence-corrected chi connectivity index (χ3v) is 5.32. The molecule has 30 heavy (non-hydrogen) atoms. The van der Waals surface area contributed by atoms with E-state index < -0.39 is 0 Å². The molecular formula is C25H22ClN3O. The summed E-state index contributed by atoms with van der Waals surface area (Å²) in [7, 11) is 0. The first kappa shape index (κ1) is 19.8. The summed E-state index contributed by atoms with van der Waals surface area (Å²) in [5.41, 5.74) is 11.5. The van der Waals surface area contributed by atoms with Gasteiger partial charge in [0.2, 0.25) is 0 Å². The standard InChI is InChI=1S/C25H22ClN3O/c1-3-17-9-11-18(12-10-17)16(2)28-29-25(30)24-23(19-7-5-4-6-8-19)21-15-20(26)13-14-22(21)27-24/h4-15,27-28H,2-3H2,1H3,(H,29,30). The molecule has 3 N–H and O–H groups in total. The zero-order valence-corrected chi connectivity index (χ0v) is 17.4. The van der Waals surface area contributed by atoms with E-state index in [1.165, 1.54) is 5.56 Å². The van der Waals surface area contributed by atoms with Crippen LogP contribution in [-0.4, -0.2) is 10.9 Å². The van der Waals surface area contributed by atoms with E-state index in [1.54, 1.807) is 6.07 Å². The lowest BCUT2D eigenvalue weighted by Crippen LogP contribution is -2.36. The van der Waals surface area contributed by atoms with Crippen LogP contribution in [0, 0.1) is 0 Å². The van der Waals surface area contributed by atoms with Gasteiger partial charge in [0.25, 0.3) is 5.91 Å². The maximum Gasteiger partial charge on any atom is 0.286 e. The molecule has 0 spiro atoms. The highest BCUT2D eigenvalue weighted by Gasteiger charge is 2.19. The molecule has 1 heterocycles. The fourth-order valence-corrected chi connectivity index (χ4v) is 3.62. The van der Waals surface area contributed by atoms with Crippen molar-refractivity contribution in [2.24, 2.45) is 0 Å². The van der Waals surface area contributed by atoms with Crippen molar-refractivity contribution in [3.8, 4) is 11.1 Å². The Hall–Kier alpha value is -3.50. The number of carbonyl (C=O) groups excluding carboxylic acids is 1. The van der Waals surface area contributed by atoms with Crippen molar-refractivity contribution in [3.05, 3.63) is 101 Å². The summed E-state index contributed by atoms with van der Waals surface area (Å²) < 4.78 is 0. The summed E-state index contributed by atoms with van der Waals surface area (Å²) in [5, 5.41) is 1.51. The highest BCUT2D eigenvalue weighted by Crippen LogP contribution is 2.34. The molecule has 0 fully saturated rings. The van der Waals surface area contributed by atoms with E-state index in [0.717, 1.165) is 34.0 Å². The predicted octanol–water partition coefficient (Wildman–Crippen LogP) is 5.96. The van der Waals surface area contributed by atoms with Crippen LogP contribution in [0.1, 0.15) is 28.5 Å². The highest BCUT2D eigenvalue weighted by atomic mass is 35.5. The molecule has 0 atom stereocenters. The summed E-state index contributed by atoms with van der Waals surface area (Å²) in [6, 6.07) is 23.4. The zero-order valence-electron chi connectivity index (χ0n) is 16.6. The van der Waals surface area contributed by atoms with Gasteiger partial charge in [-0.3, -0.25) is 15.6 Å². The molecule has 4 aromatic rings. The number of hydrazine groups is 1. The van der Waals surface area contributed by atoms with Crippen LogP contribution >= 0.6 is 11.6 Å². The molecule has 0 aliphatic rings. The highest BCUT2D eigenvalue weighted by molar-refractivity contribution is 6.31. The third-order valence-electron chi connectivity index (χ3n) is 5.09. The second kappa shape index (κ2) is 8.47. The van der Waals surface area contributed by atoms with E-state index >= 15 is 0 Å². The zero-order chi connectivity index (χ0) is 21.1. The van der Waals surface area contributed by atoms with Crippen molar-refractivity contribution < 1.29 is 4.79 Å². The van der Waals surface area contributed by atoms with E-state index in [9.17, 15) is 4.79 Å². The Morgan fingerprint density at radius 1 is 1.00 bits per heavy atom. The first-order valence-corrected chi connectivity index (χ1v) is 10.2. The molecular weight excluding hydrogens is 394 g/mol. The van der Waals surface area contributed by atoms with Gasteiger partial charge in [-0.15, -0.1) is 0 Å². The number of H-pyrrole nitrogens is 1. The van der Waals surface area contributed by atoms with Crippen molar-refractivity contribution in [1.29, 1.82) is 0 Å². The molecule has 0 radical (unpaired) electrons. The van der Waals surface area contributed by atoms with Crippen molar-refractivity contribution in [2.75, 3.05) is 0 Å². The predicted molar refractivity (Wildman–Crippen MR) is 124 cm³/mol. The molecule has 0 aliphatic heterocycles. The Bertz CT molecular complexity index is 1210. The number of aromatic nitrogens is 1. The smallest absolute Gasteiger partial charge is 0.286 e. The third kappa shape index (κ3) is 3.95. The van der Waals surface area contributed by atoms with E-state index in [4.69, 9.17) is 11.6 Å². The second-order valence-corrected chi connectivity index (χ2v) is 7.48. The van der Waals surface area contributed by atoms with Crippen LogP contribution in [0.5, 0.6) is 0 Å². The number of carbonyl (C=O) groups is 1. The molecule has 150 valence electrons. The quantitative estimate of drug-likeness (QED) is 0.340. The summed E-state index contributed by atoms with van der Waals surface area (Å²) >= 11 is 6.22. The van der Waals surface area contributed by atoms with Crippen LogP contribution < -0.4 is 10.9 Å². The largest absolute Gasteiger partial charge is 0.350 e. The van der Waals surface area contributed by atoms with Crippen molar-refractivity contribution >= 4 is 34.1 Å². The number of aryl methyl sites for hydroxylation is 1. The number of amides is 1. The Morgan fingerprint density at radius 3 is 2.43 bits per heavy atom. The van der Waals surface area contributed by atoms with E-state index in [1.807, 2.05) is 54.6 Å². The van der Waals surface area contributed by atoms with Gasteiger partial charge in [-0.25, -0.2) is 0 Å².